The van der Waals surface area contributed by atoms with E-state index in [1.807, 2.05) is 36.4 Å². The molecule has 0 saturated carbocycles. The van der Waals surface area contributed by atoms with E-state index in [0.29, 0.717) is 11.0 Å². The molecule has 0 unspecified atom stereocenters. The lowest BCUT2D eigenvalue weighted by atomic mass is 10.1. The lowest BCUT2D eigenvalue weighted by Crippen LogP contribution is -2.24. The van der Waals surface area contributed by atoms with Gasteiger partial charge in [-0.15, -0.1) is 0 Å². The van der Waals surface area contributed by atoms with Crippen LogP contribution < -0.4 is 10.6 Å². The monoisotopic (exact) mass is 336 g/mol. The van der Waals surface area contributed by atoms with Crippen molar-refractivity contribution in [1.82, 2.24) is 0 Å². The second kappa shape index (κ2) is 6.75. The van der Waals surface area contributed by atoms with Gasteiger partial charge in [-0.05, 0) is 52.2 Å². The fourth-order valence-corrected chi connectivity index (χ4v) is 2.61. The molecule has 2 aromatic carbocycles. The molecule has 2 rings (SSSR count). The Balaban J connectivity index is 2.25. The molecule has 0 fully saturated rings. The van der Waals surface area contributed by atoms with Crippen LogP contribution in [0.5, 0.6) is 0 Å². The number of para-hydroxylation sites is 2. The van der Waals surface area contributed by atoms with Crippen molar-refractivity contribution >= 4 is 27.3 Å². The molecule has 0 aromatic heterocycles. The molecule has 0 radical (unpaired) electrons. The summed E-state index contributed by atoms with van der Waals surface area (Å²) < 4.78 is 13.8. The van der Waals surface area contributed by atoms with Gasteiger partial charge < -0.3 is 10.6 Å². The van der Waals surface area contributed by atoms with Crippen molar-refractivity contribution in [2.75, 3.05) is 17.2 Å². The summed E-state index contributed by atoms with van der Waals surface area (Å²) in [7, 11) is 0. The van der Waals surface area contributed by atoms with Crippen LogP contribution in [0.1, 0.15) is 18.9 Å². The number of nitrogens with two attached hydrogens (primary N) is 1. The highest BCUT2D eigenvalue weighted by Gasteiger charge is 2.10. The van der Waals surface area contributed by atoms with Crippen molar-refractivity contribution in [2.45, 2.75) is 19.9 Å². The predicted octanol–water partition coefficient (Wildman–Crippen LogP) is 4.59. The Morgan fingerprint density at radius 2 is 1.95 bits per heavy atom. The normalized spacial score (nSPS) is 10.6. The molecule has 0 aliphatic carbocycles. The van der Waals surface area contributed by atoms with Crippen molar-refractivity contribution in [1.29, 1.82) is 0 Å². The average molecular weight is 337 g/mol. The quantitative estimate of drug-likeness (QED) is 0.809. The molecule has 0 spiro atoms. The van der Waals surface area contributed by atoms with E-state index in [4.69, 9.17) is 5.73 Å². The van der Waals surface area contributed by atoms with Crippen LogP contribution in [0, 0.1) is 5.82 Å². The molecule has 2 aromatic rings. The number of anilines is 2. The second-order valence-corrected chi connectivity index (χ2v) is 5.58. The van der Waals surface area contributed by atoms with Crippen LogP contribution >= 0.6 is 15.9 Å². The molecular weight excluding hydrogens is 319 g/mol. The van der Waals surface area contributed by atoms with E-state index in [1.165, 1.54) is 6.07 Å². The van der Waals surface area contributed by atoms with Gasteiger partial charge in [-0.3, -0.25) is 0 Å². The Morgan fingerprint density at radius 1 is 1.20 bits per heavy atom. The molecule has 106 valence electrons. The average Bonchev–Trinajstić information content (AvgIpc) is 2.43. The highest BCUT2D eigenvalue weighted by Crippen LogP contribution is 2.25. The number of halogens is 2. The van der Waals surface area contributed by atoms with E-state index in [2.05, 4.69) is 27.8 Å². The van der Waals surface area contributed by atoms with Crippen LogP contribution in [0.4, 0.5) is 15.8 Å². The zero-order chi connectivity index (χ0) is 14.5. The molecule has 0 atom stereocenters. The fourth-order valence-electron chi connectivity index (χ4n) is 2.19. The summed E-state index contributed by atoms with van der Waals surface area (Å²) in [4.78, 5) is 2.22. The maximum absolute atomic E-state index is 13.3. The van der Waals surface area contributed by atoms with Gasteiger partial charge in [0, 0.05) is 13.1 Å². The Morgan fingerprint density at radius 3 is 2.60 bits per heavy atom. The third-order valence-electron chi connectivity index (χ3n) is 3.13. The van der Waals surface area contributed by atoms with Gasteiger partial charge in [0.15, 0.2) is 0 Å². The first-order valence-corrected chi connectivity index (χ1v) is 7.44. The zero-order valence-electron chi connectivity index (χ0n) is 11.4. The smallest absolute Gasteiger partial charge is 0.137 e. The summed E-state index contributed by atoms with van der Waals surface area (Å²) in [5, 5.41) is 0. The Kier molecular flexibility index (Phi) is 5.01. The molecule has 2 N–H and O–H groups in total. The molecule has 0 aliphatic heterocycles. The Hall–Kier alpha value is -1.55. The lowest BCUT2D eigenvalue weighted by molar-refractivity contribution is 0.619. The summed E-state index contributed by atoms with van der Waals surface area (Å²) in [6.07, 6.45) is 1.02. The predicted molar refractivity (Wildman–Crippen MR) is 86.3 cm³/mol. The van der Waals surface area contributed by atoms with Gasteiger partial charge in [0.2, 0.25) is 0 Å². The summed E-state index contributed by atoms with van der Waals surface area (Å²) in [6, 6.07) is 12.9. The first-order chi connectivity index (χ1) is 9.61. The van der Waals surface area contributed by atoms with Crippen LogP contribution in [-0.4, -0.2) is 6.54 Å². The van der Waals surface area contributed by atoms with E-state index in [0.717, 1.165) is 29.9 Å². The highest BCUT2D eigenvalue weighted by atomic mass is 79.9. The number of nitrogen functional groups attached to an aromatic ring is 1. The second-order valence-electron chi connectivity index (χ2n) is 4.73. The Bertz CT molecular complexity index is 586. The van der Waals surface area contributed by atoms with Crippen molar-refractivity contribution in [3.8, 4) is 0 Å². The summed E-state index contributed by atoms with van der Waals surface area (Å²) in [6.45, 7) is 3.75. The first-order valence-electron chi connectivity index (χ1n) is 6.65. The molecule has 0 amide bonds. The van der Waals surface area contributed by atoms with Crippen molar-refractivity contribution in [3.63, 3.8) is 0 Å². The fraction of sp³-hybridized carbons (Fsp3) is 0.250. The van der Waals surface area contributed by atoms with Crippen LogP contribution in [0.15, 0.2) is 46.9 Å². The number of benzene rings is 2. The standard InChI is InChI=1S/C16H18BrFN2/c1-2-9-20(16-6-4-3-5-15(16)19)11-12-7-8-14(18)13(17)10-12/h3-8,10H,2,9,11,19H2,1H3. The van der Waals surface area contributed by atoms with E-state index >= 15 is 0 Å². The van der Waals surface area contributed by atoms with Crippen LogP contribution in [0.3, 0.4) is 0 Å². The van der Waals surface area contributed by atoms with Crippen molar-refractivity contribution < 1.29 is 4.39 Å². The molecule has 0 saturated heterocycles. The third-order valence-corrected chi connectivity index (χ3v) is 3.74. The van der Waals surface area contributed by atoms with Crippen LogP contribution in [0.2, 0.25) is 0 Å². The molecule has 0 heterocycles. The number of rotatable bonds is 5. The zero-order valence-corrected chi connectivity index (χ0v) is 13.0. The van der Waals surface area contributed by atoms with Gasteiger partial charge >= 0.3 is 0 Å². The maximum atomic E-state index is 13.3. The van der Waals surface area contributed by atoms with Gasteiger partial charge in [-0.25, -0.2) is 4.39 Å². The van der Waals surface area contributed by atoms with Crippen molar-refractivity contribution in [3.05, 3.63) is 58.3 Å². The number of hydrogen-bond acceptors (Lipinski definition) is 2. The molecule has 2 nitrogen and oxygen atoms in total. The van der Waals surface area contributed by atoms with Crippen LogP contribution in [-0.2, 0) is 6.54 Å². The maximum Gasteiger partial charge on any atom is 0.137 e. The first kappa shape index (κ1) is 14.9. The Labute approximate surface area is 127 Å². The summed E-state index contributed by atoms with van der Waals surface area (Å²) in [5.41, 5.74) is 8.89. The minimum atomic E-state index is -0.241. The van der Waals surface area contributed by atoms with E-state index in [9.17, 15) is 4.39 Å². The summed E-state index contributed by atoms with van der Waals surface area (Å²) in [5.74, 6) is -0.241. The molecular formula is C16H18BrFN2. The van der Waals surface area contributed by atoms with E-state index in [-0.39, 0.29) is 5.82 Å². The summed E-state index contributed by atoms with van der Waals surface area (Å²) >= 11 is 3.23. The van der Waals surface area contributed by atoms with Gasteiger partial charge in [-0.2, -0.15) is 0 Å². The third kappa shape index (κ3) is 3.51. The van der Waals surface area contributed by atoms with Crippen LogP contribution in [0.25, 0.3) is 0 Å². The van der Waals surface area contributed by atoms with Gasteiger partial charge in [0.05, 0.1) is 15.8 Å². The number of hydrogen-bond donors (Lipinski definition) is 1. The molecule has 0 aliphatic rings. The highest BCUT2D eigenvalue weighted by molar-refractivity contribution is 9.10. The van der Waals surface area contributed by atoms with E-state index in [1.54, 1.807) is 0 Å². The minimum Gasteiger partial charge on any atom is -0.397 e. The minimum absolute atomic E-state index is 0.241. The largest absolute Gasteiger partial charge is 0.397 e. The molecule has 20 heavy (non-hydrogen) atoms. The van der Waals surface area contributed by atoms with Gasteiger partial charge in [-0.1, -0.05) is 25.1 Å². The topological polar surface area (TPSA) is 29.3 Å². The lowest BCUT2D eigenvalue weighted by Gasteiger charge is -2.26. The number of nitrogens with zero attached hydrogens (tertiary/aromatic N) is 1. The van der Waals surface area contributed by atoms with Gasteiger partial charge in [0.25, 0.3) is 0 Å². The van der Waals surface area contributed by atoms with Gasteiger partial charge in [0.1, 0.15) is 5.82 Å². The molecule has 4 heteroatoms. The van der Waals surface area contributed by atoms with Crippen molar-refractivity contribution in [2.24, 2.45) is 0 Å². The SMILES string of the molecule is CCCN(Cc1ccc(F)c(Br)c1)c1ccccc1N. The van der Waals surface area contributed by atoms with E-state index < -0.39 is 0 Å². The molecule has 0 bridgehead atoms.